The van der Waals surface area contributed by atoms with Gasteiger partial charge in [0.25, 0.3) is 0 Å². The maximum absolute atomic E-state index is 14.6. The van der Waals surface area contributed by atoms with Gasteiger partial charge in [-0.1, -0.05) is 30.3 Å². The van der Waals surface area contributed by atoms with Crippen LogP contribution >= 0.6 is 0 Å². The number of ether oxygens (including phenoxy) is 1. The second-order valence-electron chi connectivity index (χ2n) is 6.83. The molecule has 1 aromatic heterocycles. The molecule has 150 valence electrons. The van der Waals surface area contributed by atoms with Gasteiger partial charge in [0.05, 0.1) is 23.6 Å². The number of nitrogens with zero attached hydrogens (tertiary/aromatic N) is 1. The summed E-state index contributed by atoms with van der Waals surface area (Å²) in [5.74, 6) is -1.70. The zero-order valence-electron chi connectivity index (χ0n) is 16.1. The van der Waals surface area contributed by atoms with Gasteiger partial charge in [0.15, 0.2) is 11.6 Å². The molecule has 6 heteroatoms. The molecule has 0 N–H and O–H groups in total. The Morgan fingerprint density at radius 3 is 2.37 bits per heavy atom. The minimum Gasteiger partial charge on any atom is -0.497 e. The molecule has 0 aliphatic heterocycles. The first kappa shape index (κ1) is 19.5. The quantitative estimate of drug-likeness (QED) is 0.457. The van der Waals surface area contributed by atoms with E-state index in [1.54, 1.807) is 24.3 Å². The molecule has 0 amide bonds. The van der Waals surface area contributed by atoms with Crippen molar-refractivity contribution in [3.63, 3.8) is 0 Å². The van der Waals surface area contributed by atoms with Crippen molar-refractivity contribution in [3.8, 4) is 5.75 Å². The first-order valence-corrected chi connectivity index (χ1v) is 9.23. The average molecular weight is 405 g/mol. The molecule has 1 heterocycles. The van der Waals surface area contributed by atoms with Crippen LogP contribution in [0.5, 0.6) is 5.75 Å². The van der Waals surface area contributed by atoms with Crippen molar-refractivity contribution < 1.29 is 18.3 Å². The van der Waals surface area contributed by atoms with Crippen LogP contribution in [0.3, 0.4) is 0 Å². The summed E-state index contributed by atoms with van der Waals surface area (Å²) in [6.45, 7) is 0.211. The van der Waals surface area contributed by atoms with Gasteiger partial charge in [-0.15, -0.1) is 0 Å². The Morgan fingerprint density at radius 2 is 1.70 bits per heavy atom. The molecule has 0 bridgehead atoms. The molecule has 0 saturated carbocycles. The van der Waals surface area contributed by atoms with E-state index < -0.39 is 22.8 Å². The van der Waals surface area contributed by atoms with Crippen molar-refractivity contribution in [1.29, 1.82) is 0 Å². The molecule has 0 aliphatic rings. The molecule has 0 aliphatic carbocycles. The molecule has 0 unspecified atom stereocenters. The summed E-state index contributed by atoms with van der Waals surface area (Å²) in [7, 11) is 1.51. The highest BCUT2D eigenvalue weighted by molar-refractivity contribution is 6.10. The van der Waals surface area contributed by atoms with Crippen LogP contribution in [-0.2, 0) is 6.54 Å². The molecule has 0 atom stereocenters. The molecule has 4 aromatic rings. The number of rotatable bonds is 5. The SMILES string of the molecule is COc1ccc(C(=O)c2cn(Cc3ccccc3)c3c(F)cc(F)cc3c2=O)cc1. The fourth-order valence-electron chi connectivity index (χ4n) is 3.42. The Bertz CT molecular complexity index is 1300. The van der Waals surface area contributed by atoms with Crippen molar-refractivity contribution >= 4 is 16.7 Å². The predicted molar refractivity (Wildman–Crippen MR) is 110 cm³/mol. The van der Waals surface area contributed by atoms with Crippen LogP contribution in [0.25, 0.3) is 10.9 Å². The van der Waals surface area contributed by atoms with Gasteiger partial charge >= 0.3 is 0 Å². The summed E-state index contributed by atoms with van der Waals surface area (Å²) in [5.41, 5.74) is 0.197. The van der Waals surface area contributed by atoms with Crippen LogP contribution in [0.15, 0.2) is 77.7 Å². The van der Waals surface area contributed by atoms with E-state index in [4.69, 9.17) is 4.74 Å². The number of carbonyl (C=O) groups excluding carboxylic acids is 1. The zero-order valence-corrected chi connectivity index (χ0v) is 16.1. The molecule has 3 aromatic carbocycles. The Labute approximate surface area is 171 Å². The molecule has 0 saturated heterocycles. The average Bonchev–Trinajstić information content (AvgIpc) is 2.75. The van der Waals surface area contributed by atoms with Gasteiger partial charge in [0.1, 0.15) is 11.6 Å². The molecular weight excluding hydrogens is 388 g/mol. The molecule has 0 radical (unpaired) electrons. The van der Waals surface area contributed by atoms with E-state index in [9.17, 15) is 18.4 Å². The summed E-state index contributed by atoms with van der Waals surface area (Å²) < 4.78 is 35.1. The first-order chi connectivity index (χ1) is 14.5. The van der Waals surface area contributed by atoms with Crippen molar-refractivity contribution in [2.24, 2.45) is 0 Å². The highest BCUT2D eigenvalue weighted by Crippen LogP contribution is 2.21. The van der Waals surface area contributed by atoms with Gasteiger partial charge < -0.3 is 9.30 Å². The standard InChI is InChI=1S/C24H17F2NO3/c1-30-18-9-7-16(8-10-18)23(28)20-14-27(13-15-5-3-2-4-6-15)22-19(24(20)29)11-17(25)12-21(22)26/h2-12,14H,13H2,1H3. The number of benzene rings is 3. The summed E-state index contributed by atoms with van der Waals surface area (Å²) in [6.07, 6.45) is 1.34. The Morgan fingerprint density at radius 1 is 1.00 bits per heavy atom. The Hall–Kier alpha value is -3.80. The van der Waals surface area contributed by atoms with Crippen LogP contribution < -0.4 is 10.2 Å². The number of hydrogen-bond acceptors (Lipinski definition) is 3. The molecular formula is C24H17F2NO3. The van der Waals surface area contributed by atoms with E-state index in [1.165, 1.54) is 17.9 Å². The lowest BCUT2D eigenvalue weighted by molar-refractivity contribution is 0.103. The lowest BCUT2D eigenvalue weighted by Gasteiger charge is -2.14. The van der Waals surface area contributed by atoms with Crippen molar-refractivity contribution in [2.45, 2.75) is 6.54 Å². The number of methoxy groups -OCH3 is 1. The van der Waals surface area contributed by atoms with E-state index >= 15 is 0 Å². The van der Waals surface area contributed by atoms with Gasteiger partial charge in [-0.2, -0.15) is 0 Å². The summed E-state index contributed by atoms with van der Waals surface area (Å²) in [6, 6.07) is 17.2. The second kappa shape index (κ2) is 7.91. The predicted octanol–water partition coefficient (Wildman–Crippen LogP) is 4.57. The largest absolute Gasteiger partial charge is 0.497 e. The van der Waals surface area contributed by atoms with Crippen molar-refractivity contribution in [3.05, 3.63) is 111 Å². The number of pyridine rings is 1. The topological polar surface area (TPSA) is 48.3 Å². The highest BCUT2D eigenvalue weighted by atomic mass is 19.1. The van der Waals surface area contributed by atoms with Gasteiger partial charge in [-0.3, -0.25) is 9.59 Å². The van der Waals surface area contributed by atoms with Gasteiger partial charge in [0.2, 0.25) is 5.43 Å². The highest BCUT2D eigenvalue weighted by Gasteiger charge is 2.20. The number of carbonyl (C=O) groups is 1. The summed E-state index contributed by atoms with van der Waals surface area (Å²) >= 11 is 0. The van der Waals surface area contributed by atoms with Crippen LogP contribution in [0.2, 0.25) is 0 Å². The zero-order chi connectivity index (χ0) is 21.3. The number of aromatic nitrogens is 1. The molecule has 30 heavy (non-hydrogen) atoms. The smallest absolute Gasteiger partial charge is 0.200 e. The lowest BCUT2D eigenvalue weighted by Crippen LogP contribution is -2.21. The van der Waals surface area contributed by atoms with Crippen LogP contribution in [0, 0.1) is 11.6 Å². The van der Waals surface area contributed by atoms with E-state index in [0.717, 1.165) is 17.7 Å². The fraction of sp³-hybridized carbons (Fsp3) is 0.0833. The number of ketones is 1. The molecule has 4 nitrogen and oxygen atoms in total. The maximum atomic E-state index is 14.6. The third-order valence-electron chi connectivity index (χ3n) is 4.88. The van der Waals surface area contributed by atoms with E-state index in [0.29, 0.717) is 5.75 Å². The van der Waals surface area contributed by atoms with Crippen LogP contribution in [0.1, 0.15) is 21.5 Å². The third-order valence-corrected chi connectivity index (χ3v) is 4.88. The second-order valence-corrected chi connectivity index (χ2v) is 6.83. The Balaban J connectivity index is 1.92. The van der Waals surface area contributed by atoms with E-state index in [-0.39, 0.29) is 28.6 Å². The normalized spacial score (nSPS) is 10.9. The molecule has 4 rings (SSSR count). The maximum Gasteiger partial charge on any atom is 0.200 e. The summed E-state index contributed by atoms with van der Waals surface area (Å²) in [4.78, 5) is 26.0. The van der Waals surface area contributed by atoms with E-state index in [2.05, 4.69) is 0 Å². The van der Waals surface area contributed by atoms with Crippen LogP contribution in [0.4, 0.5) is 8.78 Å². The fourth-order valence-corrected chi connectivity index (χ4v) is 3.42. The van der Waals surface area contributed by atoms with Gasteiger partial charge in [0, 0.05) is 24.4 Å². The molecule has 0 fully saturated rings. The number of halogens is 2. The third kappa shape index (κ3) is 3.59. The van der Waals surface area contributed by atoms with Gasteiger partial charge in [-0.25, -0.2) is 8.78 Å². The minimum absolute atomic E-state index is 0.0449. The van der Waals surface area contributed by atoms with Crippen molar-refractivity contribution in [2.75, 3.05) is 7.11 Å². The van der Waals surface area contributed by atoms with Crippen LogP contribution in [-0.4, -0.2) is 17.5 Å². The minimum atomic E-state index is -0.877. The monoisotopic (exact) mass is 405 g/mol. The molecule has 0 spiro atoms. The Kier molecular flexibility index (Phi) is 5.14. The summed E-state index contributed by atoms with van der Waals surface area (Å²) in [5, 5.41) is -0.178. The number of fused-ring (bicyclic) bond motifs is 1. The van der Waals surface area contributed by atoms with Crippen molar-refractivity contribution in [1.82, 2.24) is 4.57 Å². The number of hydrogen-bond donors (Lipinski definition) is 0. The van der Waals surface area contributed by atoms with Gasteiger partial charge in [-0.05, 0) is 35.9 Å². The first-order valence-electron chi connectivity index (χ1n) is 9.23. The lowest BCUT2D eigenvalue weighted by atomic mass is 10.0. The van der Waals surface area contributed by atoms with E-state index in [1.807, 2.05) is 30.3 Å².